The largest absolute Gasteiger partial charge is 0.497 e. The minimum Gasteiger partial charge on any atom is -0.497 e. The van der Waals surface area contributed by atoms with Crippen LogP contribution in [0.5, 0.6) is 11.5 Å². The second-order valence-electron chi connectivity index (χ2n) is 9.59. The molecule has 3 unspecified atom stereocenters. The Labute approximate surface area is 214 Å². The van der Waals surface area contributed by atoms with Crippen LogP contribution in [0.3, 0.4) is 0 Å². The van der Waals surface area contributed by atoms with Crippen molar-refractivity contribution in [3.8, 4) is 11.5 Å². The van der Waals surface area contributed by atoms with Gasteiger partial charge in [0.15, 0.2) is 0 Å². The van der Waals surface area contributed by atoms with Gasteiger partial charge in [0.05, 0.1) is 24.9 Å². The number of benzene rings is 3. The van der Waals surface area contributed by atoms with Gasteiger partial charge in [-0.15, -0.1) is 0 Å². The topological polar surface area (TPSA) is 45.2 Å². The van der Waals surface area contributed by atoms with Gasteiger partial charge in [-0.3, -0.25) is 4.90 Å². The summed E-state index contributed by atoms with van der Waals surface area (Å²) in [5.41, 5.74) is 3.26. The van der Waals surface area contributed by atoms with Crippen LogP contribution in [0.2, 0.25) is 0 Å². The second kappa shape index (κ2) is 11.6. The van der Waals surface area contributed by atoms with Gasteiger partial charge in [-0.1, -0.05) is 66.7 Å². The molecule has 0 aliphatic carbocycles. The lowest BCUT2D eigenvalue weighted by molar-refractivity contribution is 0.0407. The highest BCUT2D eigenvalue weighted by Crippen LogP contribution is 2.42. The van der Waals surface area contributed by atoms with Gasteiger partial charge in [0, 0.05) is 0 Å². The predicted octanol–water partition coefficient (Wildman–Crippen LogP) is 5.91. The lowest BCUT2D eigenvalue weighted by Crippen LogP contribution is -2.54. The van der Waals surface area contributed by atoms with E-state index in [4.69, 9.17) is 9.47 Å². The molecule has 1 N–H and O–H groups in total. The molecule has 0 radical (unpaired) electrons. The lowest BCUT2D eigenvalue weighted by atomic mass is 9.99. The van der Waals surface area contributed by atoms with E-state index >= 15 is 0 Å². The minimum atomic E-state index is -0.662. The number of anilines is 1. The molecular weight excluding hydrogens is 448 g/mol. The standard InChI is InChI=1S/C31H36N2O3/c1-35-26-19-17-25(18-20-26)29-23-36-30-16-8-7-14-27(30)33(29)31(34)28(32-21-9-10-22-32)15-6-5-13-24-11-3-2-4-12-24/h2-5,7-8,11-14,16-20,28-29,31,34H,6,9-10,15,21-23H2,1H3. The highest BCUT2D eigenvalue weighted by molar-refractivity contribution is 5.62. The van der Waals surface area contributed by atoms with Gasteiger partial charge in [-0.25, -0.2) is 0 Å². The molecule has 2 aliphatic heterocycles. The maximum Gasteiger partial charge on any atom is 0.143 e. The number of aliphatic hydroxyl groups is 1. The summed E-state index contributed by atoms with van der Waals surface area (Å²) >= 11 is 0. The molecule has 5 heteroatoms. The molecule has 3 atom stereocenters. The van der Waals surface area contributed by atoms with Crippen LogP contribution in [-0.2, 0) is 0 Å². The zero-order valence-corrected chi connectivity index (χ0v) is 21.0. The maximum atomic E-state index is 12.1. The Morgan fingerprint density at radius 1 is 0.972 bits per heavy atom. The van der Waals surface area contributed by atoms with Crippen LogP contribution in [0.15, 0.2) is 84.9 Å². The van der Waals surface area contributed by atoms with Crippen LogP contribution >= 0.6 is 0 Å². The normalized spacial score (nSPS) is 19.6. The Morgan fingerprint density at radius 3 is 2.44 bits per heavy atom. The summed E-state index contributed by atoms with van der Waals surface area (Å²) in [6, 6.07) is 26.5. The van der Waals surface area contributed by atoms with Crippen molar-refractivity contribution in [3.63, 3.8) is 0 Å². The molecule has 188 valence electrons. The number of para-hydroxylation sites is 2. The van der Waals surface area contributed by atoms with Gasteiger partial charge in [-0.05, 0) is 74.2 Å². The number of methoxy groups -OCH3 is 1. The summed E-state index contributed by atoms with van der Waals surface area (Å²) in [6.45, 7) is 2.55. The maximum absolute atomic E-state index is 12.1. The van der Waals surface area contributed by atoms with Crippen molar-refractivity contribution in [1.82, 2.24) is 4.90 Å². The molecule has 5 rings (SSSR count). The first kappa shape index (κ1) is 24.4. The number of likely N-dealkylation sites (tertiary alicyclic amines) is 1. The number of ether oxygens (including phenoxy) is 2. The van der Waals surface area contributed by atoms with Crippen molar-refractivity contribution >= 4 is 11.8 Å². The number of aliphatic hydroxyl groups excluding tert-OH is 1. The van der Waals surface area contributed by atoms with Gasteiger partial charge in [-0.2, -0.15) is 0 Å². The van der Waals surface area contributed by atoms with Crippen LogP contribution in [0.1, 0.15) is 42.9 Å². The van der Waals surface area contributed by atoms with Crippen LogP contribution < -0.4 is 14.4 Å². The number of nitrogens with zero attached hydrogens (tertiary/aromatic N) is 2. The Morgan fingerprint density at radius 2 is 1.69 bits per heavy atom. The highest BCUT2D eigenvalue weighted by Gasteiger charge is 2.39. The lowest BCUT2D eigenvalue weighted by Gasteiger charge is -2.46. The summed E-state index contributed by atoms with van der Waals surface area (Å²) < 4.78 is 11.5. The fourth-order valence-electron chi connectivity index (χ4n) is 5.45. The van der Waals surface area contributed by atoms with E-state index < -0.39 is 6.23 Å². The number of allylic oxidation sites excluding steroid dienone is 1. The molecule has 2 aliphatic rings. The van der Waals surface area contributed by atoms with Crippen molar-refractivity contribution in [2.24, 2.45) is 0 Å². The number of fused-ring (bicyclic) bond motifs is 1. The van der Waals surface area contributed by atoms with Crippen LogP contribution in [0.25, 0.3) is 6.08 Å². The third kappa shape index (κ3) is 5.43. The van der Waals surface area contributed by atoms with Gasteiger partial charge in [0.25, 0.3) is 0 Å². The molecule has 0 spiro atoms. The van der Waals surface area contributed by atoms with Gasteiger partial charge < -0.3 is 19.5 Å². The van der Waals surface area contributed by atoms with Crippen molar-refractivity contribution in [3.05, 3.63) is 96.1 Å². The van der Waals surface area contributed by atoms with Crippen molar-refractivity contribution in [1.29, 1.82) is 0 Å². The third-order valence-electron chi connectivity index (χ3n) is 7.35. The smallest absolute Gasteiger partial charge is 0.143 e. The summed E-state index contributed by atoms with van der Waals surface area (Å²) in [6.07, 6.45) is 7.92. The minimum absolute atomic E-state index is 0.0276. The Hall–Kier alpha value is -3.28. The Kier molecular flexibility index (Phi) is 7.89. The van der Waals surface area contributed by atoms with Crippen molar-refractivity contribution in [2.75, 3.05) is 31.7 Å². The fraction of sp³-hybridized carbons (Fsp3) is 0.355. The molecule has 1 saturated heterocycles. The zero-order valence-electron chi connectivity index (χ0n) is 21.0. The van der Waals surface area contributed by atoms with E-state index in [0.717, 1.165) is 48.7 Å². The molecule has 0 bridgehead atoms. The molecule has 0 saturated carbocycles. The van der Waals surface area contributed by atoms with Crippen molar-refractivity contribution in [2.45, 2.75) is 44.0 Å². The molecule has 3 aromatic carbocycles. The zero-order chi connectivity index (χ0) is 24.7. The van der Waals surface area contributed by atoms with Gasteiger partial charge >= 0.3 is 0 Å². The molecule has 1 fully saturated rings. The Balaban J connectivity index is 1.42. The first-order valence-electron chi connectivity index (χ1n) is 13.0. The summed E-state index contributed by atoms with van der Waals surface area (Å²) in [7, 11) is 1.68. The Bertz CT molecular complexity index is 1130. The highest BCUT2D eigenvalue weighted by atomic mass is 16.5. The van der Waals surface area contributed by atoms with Crippen LogP contribution in [0, 0.1) is 0 Å². The first-order valence-corrected chi connectivity index (χ1v) is 13.0. The van der Waals surface area contributed by atoms with Crippen LogP contribution in [0.4, 0.5) is 5.69 Å². The van der Waals surface area contributed by atoms with Gasteiger partial charge in [0.2, 0.25) is 0 Å². The third-order valence-corrected chi connectivity index (χ3v) is 7.35. The summed E-state index contributed by atoms with van der Waals surface area (Å²) in [4.78, 5) is 4.66. The van der Waals surface area contributed by atoms with E-state index in [9.17, 15) is 5.11 Å². The summed E-state index contributed by atoms with van der Waals surface area (Å²) in [5.74, 6) is 1.65. The number of hydrogen-bond acceptors (Lipinski definition) is 5. The van der Waals surface area contributed by atoms with Gasteiger partial charge in [0.1, 0.15) is 24.3 Å². The number of hydrogen-bond donors (Lipinski definition) is 1. The quantitative estimate of drug-likeness (QED) is 0.409. The van der Waals surface area contributed by atoms with E-state index in [0.29, 0.717) is 6.61 Å². The molecule has 2 heterocycles. The molecular formula is C31H36N2O3. The predicted molar refractivity (Wildman–Crippen MR) is 145 cm³/mol. The average molecular weight is 485 g/mol. The van der Waals surface area contributed by atoms with E-state index in [2.05, 4.69) is 64.4 Å². The van der Waals surface area contributed by atoms with Crippen LogP contribution in [-0.4, -0.2) is 49.1 Å². The fourth-order valence-corrected chi connectivity index (χ4v) is 5.45. The monoisotopic (exact) mass is 484 g/mol. The second-order valence-corrected chi connectivity index (χ2v) is 9.59. The van der Waals surface area contributed by atoms with E-state index in [-0.39, 0.29) is 12.1 Å². The molecule has 5 nitrogen and oxygen atoms in total. The average Bonchev–Trinajstić information content (AvgIpc) is 3.47. The van der Waals surface area contributed by atoms with E-state index in [1.54, 1.807) is 7.11 Å². The van der Waals surface area contributed by atoms with E-state index in [1.807, 2.05) is 36.4 Å². The number of rotatable bonds is 9. The first-order chi connectivity index (χ1) is 17.7. The van der Waals surface area contributed by atoms with E-state index in [1.165, 1.54) is 18.4 Å². The van der Waals surface area contributed by atoms with Crippen molar-refractivity contribution < 1.29 is 14.6 Å². The SMILES string of the molecule is COc1ccc(C2COc3ccccc3N2C(O)C(CCC=Cc2ccccc2)N2CCCC2)cc1. The molecule has 0 amide bonds. The molecule has 36 heavy (non-hydrogen) atoms. The summed E-state index contributed by atoms with van der Waals surface area (Å²) in [5, 5.41) is 12.1. The molecule has 0 aromatic heterocycles. The molecule has 3 aromatic rings.